The van der Waals surface area contributed by atoms with Gasteiger partial charge in [0.05, 0.1) is 6.54 Å². The molecule has 136 valence electrons. The number of nitrogens with zero attached hydrogens (tertiary/aromatic N) is 3. The lowest BCUT2D eigenvalue weighted by Gasteiger charge is -2.41. The number of aryl methyl sites for hydroxylation is 1. The van der Waals surface area contributed by atoms with Crippen molar-refractivity contribution in [3.63, 3.8) is 0 Å². The number of amides is 3. The Morgan fingerprint density at radius 1 is 1.16 bits per heavy atom. The summed E-state index contributed by atoms with van der Waals surface area (Å²) in [7, 11) is 3.27. The molecule has 1 saturated heterocycles. The topological polar surface area (TPSA) is 60.9 Å². The van der Waals surface area contributed by atoms with Gasteiger partial charge in [0.2, 0.25) is 17.7 Å². The van der Waals surface area contributed by atoms with Crippen LogP contribution in [0.15, 0.2) is 24.3 Å². The molecule has 6 nitrogen and oxygen atoms in total. The second-order valence-electron chi connectivity index (χ2n) is 6.43. The maximum absolute atomic E-state index is 12.9. The van der Waals surface area contributed by atoms with E-state index in [2.05, 4.69) is 0 Å². The van der Waals surface area contributed by atoms with Gasteiger partial charge in [-0.1, -0.05) is 12.1 Å². The monoisotopic (exact) mass is 349 g/mol. The van der Waals surface area contributed by atoms with Gasteiger partial charge in [-0.3, -0.25) is 14.4 Å². The molecule has 0 spiro atoms. The maximum Gasteiger partial charge on any atom is 0.246 e. The smallest absolute Gasteiger partial charge is 0.246 e. The maximum atomic E-state index is 12.9. The molecule has 1 atom stereocenters. The van der Waals surface area contributed by atoms with Gasteiger partial charge in [0, 0.05) is 40.5 Å². The second kappa shape index (κ2) is 8.09. The number of piperazine rings is 1. The van der Waals surface area contributed by atoms with Crippen molar-refractivity contribution in [1.82, 2.24) is 14.7 Å². The largest absolute Gasteiger partial charge is 0.347 e. The molecule has 0 unspecified atom stereocenters. The van der Waals surface area contributed by atoms with Crippen molar-refractivity contribution in [3.8, 4) is 0 Å². The lowest BCUT2D eigenvalue weighted by Crippen LogP contribution is -2.61. The van der Waals surface area contributed by atoms with Crippen molar-refractivity contribution < 1.29 is 18.8 Å². The van der Waals surface area contributed by atoms with Crippen molar-refractivity contribution in [3.05, 3.63) is 35.6 Å². The number of hydrogen-bond acceptors (Lipinski definition) is 3. The van der Waals surface area contributed by atoms with Crippen molar-refractivity contribution in [1.29, 1.82) is 0 Å². The summed E-state index contributed by atoms with van der Waals surface area (Å²) >= 11 is 0. The molecule has 1 aromatic carbocycles. The number of likely N-dealkylation sites (N-methyl/N-ethyl adjacent to an activating group) is 1. The Morgan fingerprint density at radius 2 is 1.80 bits per heavy atom. The number of rotatable bonds is 4. The van der Waals surface area contributed by atoms with E-state index in [9.17, 15) is 18.8 Å². The Kier molecular flexibility index (Phi) is 6.12. The first-order chi connectivity index (χ1) is 11.8. The van der Waals surface area contributed by atoms with Gasteiger partial charge in [-0.2, -0.15) is 0 Å². The van der Waals surface area contributed by atoms with Crippen molar-refractivity contribution in [2.45, 2.75) is 25.8 Å². The molecule has 25 heavy (non-hydrogen) atoms. The van der Waals surface area contributed by atoms with Crippen LogP contribution >= 0.6 is 0 Å². The van der Waals surface area contributed by atoms with Crippen LogP contribution in [0.4, 0.5) is 4.39 Å². The Bertz CT molecular complexity index is 645. The van der Waals surface area contributed by atoms with E-state index in [1.54, 1.807) is 36.0 Å². The first kappa shape index (κ1) is 18.9. The molecule has 1 aliphatic heterocycles. The second-order valence-corrected chi connectivity index (χ2v) is 6.43. The fourth-order valence-electron chi connectivity index (χ4n) is 2.92. The molecule has 0 saturated carbocycles. The number of benzene rings is 1. The highest BCUT2D eigenvalue weighted by atomic mass is 19.1. The molecule has 1 aromatic rings. The van der Waals surface area contributed by atoms with Crippen LogP contribution in [0.5, 0.6) is 0 Å². The molecule has 0 aliphatic carbocycles. The summed E-state index contributed by atoms with van der Waals surface area (Å²) in [6.45, 7) is 2.44. The predicted molar refractivity (Wildman–Crippen MR) is 91.2 cm³/mol. The molecule has 1 aliphatic rings. The Morgan fingerprint density at radius 3 is 2.36 bits per heavy atom. The predicted octanol–water partition coefficient (Wildman–Crippen LogP) is 0.906. The molecule has 0 aromatic heterocycles. The van der Waals surface area contributed by atoms with E-state index >= 15 is 0 Å². The standard InChI is InChI=1S/C18H24FN3O3/c1-13(23)21-10-11-22(16(12-21)18(25)20(2)3)17(24)9-6-14-4-7-15(19)8-5-14/h4-5,7-8,16H,6,9-12H2,1-3H3/t16-/m0/s1. The molecular weight excluding hydrogens is 325 g/mol. The quantitative estimate of drug-likeness (QED) is 0.812. The number of carbonyl (C=O) groups is 3. The molecule has 1 fully saturated rings. The highest BCUT2D eigenvalue weighted by Gasteiger charge is 2.36. The van der Waals surface area contributed by atoms with E-state index in [1.807, 2.05) is 0 Å². The fraction of sp³-hybridized carbons (Fsp3) is 0.500. The molecule has 7 heteroatoms. The van der Waals surface area contributed by atoms with E-state index < -0.39 is 6.04 Å². The Balaban J connectivity index is 2.05. The lowest BCUT2D eigenvalue weighted by atomic mass is 10.1. The van der Waals surface area contributed by atoms with Crippen LogP contribution in [0.25, 0.3) is 0 Å². The minimum Gasteiger partial charge on any atom is -0.347 e. The molecule has 1 heterocycles. The minimum absolute atomic E-state index is 0.102. The van der Waals surface area contributed by atoms with E-state index in [0.29, 0.717) is 19.5 Å². The SMILES string of the molecule is CC(=O)N1CCN(C(=O)CCc2ccc(F)cc2)[C@H](C(=O)N(C)C)C1. The third kappa shape index (κ3) is 4.78. The number of hydrogen-bond donors (Lipinski definition) is 0. The fourth-order valence-corrected chi connectivity index (χ4v) is 2.92. The van der Waals surface area contributed by atoms with Crippen LogP contribution in [-0.2, 0) is 20.8 Å². The molecule has 0 radical (unpaired) electrons. The summed E-state index contributed by atoms with van der Waals surface area (Å²) in [6.07, 6.45) is 0.720. The zero-order valence-electron chi connectivity index (χ0n) is 14.9. The van der Waals surface area contributed by atoms with Gasteiger partial charge in [0.1, 0.15) is 11.9 Å². The molecular formula is C18H24FN3O3. The van der Waals surface area contributed by atoms with Gasteiger partial charge >= 0.3 is 0 Å². The Hall–Kier alpha value is -2.44. The summed E-state index contributed by atoms with van der Waals surface area (Å²) < 4.78 is 12.9. The molecule has 0 N–H and O–H groups in total. The van der Waals surface area contributed by atoms with Gasteiger partial charge in [-0.25, -0.2) is 4.39 Å². The average molecular weight is 349 g/mol. The first-order valence-electron chi connectivity index (χ1n) is 8.30. The number of halogens is 1. The van der Waals surface area contributed by atoms with Crippen LogP contribution in [0.2, 0.25) is 0 Å². The van der Waals surface area contributed by atoms with Crippen molar-refractivity contribution in [2.24, 2.45) is 0 Å². The summed E-state index contributed by atoms with van der Waals surface area (Å²) in [6, 6.07) is 5.37. The molecule has 3 amide bonds. The lowest BCUT2D eigenvalue weighted by molar-refractivity contribution is -0.151. The summed E-state index contributed by atoms with van der Waals surface area (Å²) in [5, 5.41) is 0. The minimum atomic E-state index is -0.659. The normalized spacial score (nSPS) is 17.4. The zero-order chi connectivity index (χ0) is 18.6. The van der Waals surface area contributed by atoms with Gasteiger partial charge < -0.3 is 14.7 Å². The summed E-state index contributed by atoms with van der Waals surface area (Å²) in [5.41, 5.74) is 0.868. The van der Waals surface area contributed by atoms with E-state index in [-0.39, 0.29) is 36.5 Å². The highest BCUT2D eigenvalue weighted by Crippen LogP contribution is 2.15. The van der Waals surface area contributed by atoms with E-state index in [0.717, 1.165) is 5.56 Å². The number of carbonyl (C=O) groups excluding carboxylic acids is 3. The summed E-state index contributed by atoms with van der Waals surface area (Å²) in [5.74, 6) is -0.740. The van der Waals surface area contributed by atoms with Crippen molar-refractivity contribution >= 4 is 17.7 Å². The van der Waals surface area contributed by atoms with Crippen molar-refractivity contribution in [2.75, 3.05) is 33.7 Å². The highest BCUT2D eigenvalue weighted by molar-refractivity contribution is 5.89. The van der Waals surface area contributed by atoms with E-state index in [4.69, 9.17) is 0 Å². The zero-order valence-corrected chi connectivity index (χ0v) is 14.9. The first-order valence-corrected chi connectivity index (χ1v) is 8.30. The van der Waals surface area contributed by atoms with Crippen LogP contribution < -0.4 is 0 Å². The van der Waals surface area contributed by atoms with Gasteiger partial charge in [-0.05, 0) is 24.1 Å². The molecule has 2 rings (SSSR count). The Labute approximate surface area is 147 Å². The average Bonchev–Trinajstić information content (AvgIpc) is 2.59. The van der Waals surface area contributed by atoms with E-state index in [1.165, 1.54) is 24.0 Å². The van der Waals surface area contributed by atoms with Gasteiger partial charge in [-0.15, -0.1) is 0 Å². The summed E-state index contributed by atoms with van der Waals surface area (Å²) in [4.78, 5) is 41.3. The third-order valence-corrected chi connectivity index (χ3v) is 4.41. The van der Waals surface area contributed by atoms with Crippen LogP contribution in [0.3, 0.4) is 0 Å². The van der Waals surface area contributed by atoms with Gasteiger partial charge in [0.15, 0.2) is 0 Å². The van der Waals surface area contributed by atoms with Crippen LogP contribution in [0.1, 0.15) is 18.9 Å². The van der Waals surface area contributed by atoms with Crippen LogP contribution in [-0.4, -0.2) is 72.2 Å². The molecule has 0 bridgehead atoms. The third-order valence-electron chi connectivity index (χ3n) is 4.41. The van der Waals surface area contributed by atoms with Crippen LogP contribution in [0, 0.1) is 5.82 Å². The van der Waals surface area contributed by atoms with Gasteiger partial charge in [0.25, 0.3) is 0 Å².